The molecule has 2 aliphatic heterocycles. The third-order valence-corrected chi connectivity index (χ3v) is 10.9. The number of hydrogen-bond acceptors (Lipinski definition) is 16. The number of esters is 3. The van der Waals surface area contributed by atoms with Crippen LogP contribution in [0.1, 0.15) is 75.9 Å². The molecule has 0 aromatic carbocycles. The Balaban J connectivity index is 0.000000271. The number of carbonyl (C=O) groups is 5. The van der Waals surface area contributed by atoms with E-state index in [0.717, 1.165) is 13.8 Å². The number of amides is 2. The number of aliphatic hydroxyl groups is 2. The molecule has 2 aromatic rings. The Hall–Kier alpha value is -2.84. The molecule has 2 aliphatic rings. The summed E-state index contributed by atoms with van der Waals surface area (Å²) in [7, 11) is -4.82. The van der Waals surface area contributed by atoms with Gasteiger partial charge in [0.05, 0.1) is 0 Å². The van der Waals surface area contributed by atoms with Crippen molar-refractivity contribution in [3.63, 3.8) is 0 Å². The summed E-state index contributed by atoms with van der Waals surface area (Å²) in [5.41, 5.74) is 10.5. The second-order valence-corrected chi connectivity index (χ2v) is 15.3. The van der Waals surface area contributed by atoms with Crippen LogP contribution in [0.15, 0.2) is 9.88 Å². The Morgan fingerprint density at radius 2 is 1.35 bits per heavy atom. The molecule has 23 heteroatoms. The SMILES string of the molecule is CC(=O)O[C@@H]1[C@H](OC(C)=O)[C@@H](COP(=O)(O)O)O[C@H]1c1nc(C(N)=O)c[se]1.CCCC(=O)O[C@@H]1[C@H](O)[C@@H](CO)O[C@H]1c1nc(C(N)=O)c[se]1. The van der Waals surface area contributed by atoms with Crippen molar-refractivity contribution in [2.75, 3.05) is 13.2 Å². The first kappa shape index (κ1) is 40.6. The van der Waals surface area contributed by atoms with Gasteiger partial charge < -0.3 is 0 Å². The number of ether oxygens (including phenoxy) is 5. The first-order chi connectivity index (χ1) is 22.9. The van der Waals surface area contributed by atoms with Crippen molar-refractivity contribution in [1.82, 2.24) is 9.97 Å². The summed E-state index contributed by atoms with van der Waals surface area (Å²) in [4.78, 5) is 86.1. The summed E-state index contributed by atoms with van der Waals surface area (Å²) in [5.74, 6) is -3.26. The van der Waals surface area contributed by atoms with Gasteiger partial charge in [-0.2, -0.15) is 0 Å². The van der Waals surface area contributed by atoms with Crippen LogP contribution >= 0.6 is 7.82 Å². The van der Waals surface area contributed by atoms with Gasteiger partial charge >= 0.3 is 291 Å². The van der Waals surface area contributed by atoms with E-state index in [0.29, 0.717) is 15.6 Å². The predicted octanol–water partition coefficient (Wildman–Crippen LogP) is -2.61. The first-order valence-corrected chi connectivity index (χ1v) is 19.5. The van der Waals surface area contributed by atoms with Crippen molar-refractivity contribution < 1.29 is 76.7 Å². The van der Waals surface area contributed by atoms with E-state index < -0.39 is 114 Å². The molecule has 49 heavy (non-hydrogen) atoms. The molecule has 0 aliphatic carbocycles. The molecule has 272 valence electrons. The van der Waals surface area contributed by atoms with Crippen LogP contribution in [0.2, 0.25) is 0 Å². The van der Waals surface area contributed by atoms with E-state index in [4.69, 9.17) is 44.9 Å². The first-order valence-electron chi connectivity index (χ1n) is 14.3. The number of rotatable bonds is 13. The number of nitrogens with zero attached hydrogens (tertiary/aromatic N) is 2. The van der Waals surface area contributed by atoms with Gasteiger partial charge in [-0.3, -0.25) is 0 Å². The van der Waals surface area contributed by atoms with Crippen molar-refractivity contribution in [3.05, 3.63) is 30.4 Å². The Morgan fingerprint density at radius 3 is 1.78 bits per heavy atom. The molecule has 4 heterocycles. The van der Waals surface area contributed by atoms with Crippen molar-refractivity contribution in [2.45, 2.75) is 82.4 Å². The van der Waals surface area contributed by atoms with Crippen LogP contribution in [-0.4, -0.2) is 139 Å². The van der Waals surface area contributed by atoms with Gasteiger partial charge in [0.25, 0.3) is 0 Å². The average Bonchev–Trinajstić information content (AvgIpc) is 3.79. The average molecular weight is 848 g/mol. The topological polar surface area (TPSA) is 317 Å². The van der Waals surface area contributed by atoms with E-state index in [9.17, 15) is 38.8 Å². The van der Waals surface area contributed by atoms with Gasteiger partial charge in [-0.25, -0.2) is 0 Å². The minimum atomic E-state index is -4.82. The number of nitrogens with two attached hydrogens (primary N) is 2. The van der Waals surface area contributed by atoms with Crippen molar-refractivity contribution in [1.29, 1.82) is 0 Å². The molecule has 2 saturated heterocycles. The number of carbonyl (C=O) groups excluding carboxylic acids is 5. The molecule has 2 fully saturated rings. The second kappa shape index (κ2) is 17.9. The molecule has 8 N–H and O–H groups in total. The van der Waals surface area contributed by atoms with Gasteiger partial charge in [0.2, 0.25) is 0 Å². The minimum absolute atomic E-state index is 0.0223. The van der Waals surface area contributed by atoms with E-state index in [2.05, 4.69) is 14.5 Å². The van der Waals surface area contributed by atoms with Crippen LogP contribution in [0.3, 0.4) is 0 Å². The fourth-order valence-corrected chi connectivity index (χ4v) is 8.60. The van der Waals surface area contributed by atoms with E-state index in [1.54, 1.807) is 4.94 Å². The Kier molecular flexibility index (Phi) is 14.8. The zero-order valence-corrected chi connectivity index (χ0v) is 30.4. The quantitative estimate of drug-likeness (QED) is 0.0521. The summed E-state index contributed by atoms with van der Waals surface area (Å²) < 4.78 is 43.1. The summed E-state index contributed by atoms with van der Waals surface area (Å²) in [5, 5.41) is 19.4. The van der Waals surface area contributed by atoms with Gasteiger partial charge in [0.15, 0.2) is 0 Å². The molecular formula is C26H35N4O16PSe2. The van der Waals surface area contributed by atoms with Crippen LogP contribution in [0.25, 0.3) is 0 Å². The zero-order valence-electron chi connectivity index (χ0n) is 26.1. The van der Waals surface area contributed by atoms with Gasteiger partial charge in [0.1, 0.15) is 0 Å². The van der Waals surface area contributed by atoms with Gasteiger partial charge in [-0.15, -0.1) is 0 Å². The standard InChI is InChI=1S/C13H17N2O10PSe.C13H18N2O6Se/c1-5(16)23-9-8(3-22-26(19,20)21)25-11(10(9)24-6(2)17)13-15-7(4-27-13)12(14)18;1-2-3-8(17)21-10-9(18)7(4-16)20-11(10)13-15-6(5-22-13)12(14)19/h4,8-11H,3H2,1-2H3,(H2,14,18)(H2,19,20,21);5,7,9-11,16,18H,2-4H2,1H3,(H2,14,19)/t8-,9-,10-,11-;7-,9-,10-,11-/m11/s1. The van der Waals surface area contributed by atoms with E-state index in [-0.39, 0.29) is 32.3 Å². The Morgan fingerprint density at radius 1 is 0.857 bits per heavy atom. The molecular weight excluding hydrogens is 813 g/mol. The van der Waals surface area contributed by atoms with Crippen molar-refractivity contribution in [3.8, 4) is 0 Å². The number of phosphoric acid groups is 1. The number of primary amides is 2. The number of aromatic nitrogens is 2. The summed E-state index contributed by atoms with van der Waals surface area (Å²) in [6.07, 6.45) is -7.37. The Bertz CT molecular complexity index is 1550. The number of phosphoric ester groups is 1. The number of hydrogen-bond donors (Lipinski definition) is 6. The molecule has 0 radical (unpaired) electrons. The molecule has 2 aromatic heterocycles. The molecule has 0 unspecified atom stereocenters. The zero-order chi connectivity index (χ0) is 36.6. The van der Waals surface area contributed by atoms with Crippen molar-refractivity contribution >= 4 is 66.6 Å². The number of aliphatic hydroxyl groups excluding tert-OH is 2. The monoisotopic (exact) mass is 850 g/mol. The van der Waals surface area contributed by atoms with E-state index in [1.165, 1.54) is 4.94 Å². The van der Waals surface area contributed by atoms with Crippen LogP contribution in [0, 0.1) is 0 Å². The van der Waals surface area contributed by atoms with E-state index in [1.807, 2.05) is 6.92 Å². The fourth-order valence-electron chi connectivity index (χ4n) is 4.58. The second-order valence-electron chi connectivity index (χ2n) is 10.4. The normalized spacial score (nSPS) is 26.3. The third-order valence-electron chi connectivity index (χ3n) is 6.60. The van der Waals surface area contributed by atoms with E-state index >= 15 is 0 Å². The fraction of sp³-hybridized carbons (Fsp3) is 0.577. The van der Waals surface area contributed by atoms with Gasteiger partial charge in [-0.1, -0.05) is 0 Å². The van der Waals surface area contributed by atoms with Gasteiger partial charge in [0, 0.05) is 0 Å². The van der Waals surface area contributed by atoms with Gasteiger partial charge in [-0.05, 0) is 0 Å². The van der Waals surface area contributed by atoms with Crippen LogP contribution in [0.5, 0.6) is 0 Å². The van der Waals surface area contributed by atoms with Crippen LogP contribution in [0.4, 0.5) is 0 Å². The molecule has 8 atom stereocenters. The molecule has 0 bridgehead atoms. The maximum atomic E-state index is 11.7. The molecule has 0 saturated carbocycles. The summed E-state index contributed by atoms with van der Waals surface area (Å²) in [6, 6.07) is 0. The van der Waals surface area contributed by atoms with Crippen LogP contribution in [-0.2, 0) is 47.2 Å². The summed E-state index contributed by atoms with van der Waals surface area (Å²) in [6.45, 7) is 3.05. The molecule has 20 nitrogen and oxygen atoms in total. The maximum absolute atomic E-state index is 11.7. The predicted molar refractivity (Wildman–Crippen MR) is 162 cm³/mol. The summed E-state index contributed by atoms with van der Waals surface area (Å²) >= 11 is -0.734. The Labute approximate surface area is 290 Å². The molecule has 4 rings (SSSR count). The molecule has 2 amide bonds. The molecule has 0 spiro atoms. The van der Waals surface area contributed by atoms with Crippen molar-refractivity contribution in [2.24, 2.45) is 11.5 Å². The van der Waals surface area contributed by atoms with Crippen LogP contribution < -0.4 is 11.5 Å². The third kappa shape index (κ3) is 11.3.